The van der Waals surface area contributed by atoms with Gasteiger partial charge in [0.25, 0.3) is 5.69 Å². The van der Waals surface area contributed by atoms with Gasteiger partial charge < -0.3 is 9.52 Å². The number of aryl methyl sites for hydroxylation is 1. The monoisotopic (exact) mass is 266 g/mol. The molecule has 0 spiro atoms. The Morgan fingerprint density at radius 3 is 2.68 bits per heavy atom. The maximum Gasteiger partial charge on any atom is 0.373 e. The highest BCUT2D eigenvalue weighted by Crippen LogP contribution is 2.27. The lowest BCUT2D eigenvalue weighted by atomic mass is 10.2. The van der Waals surface area contributed by atoms with Crippen LogP contribution in [-0.2, 0) is 0 Å². The van der Waals surface area contributed by atoms with Crippen molar-refractivity contribution in [2.45, 2.75) is 6.92 Å². The highest BCUT2D eigenvalue weighted by atomic mass is 19.1. The Morgan fingerprint density at radius 2 is 2.21 bits per heavy atom. The number of oxazole rings is 1. The van der Waals surface area contributed by atoms with Crippen molar-refractivity contribution in [2.75, 3.05) is 0 Å². The van der Waals surface area contributed by atoms with Gasteiger partial charge in [-0.1, -0.05) is 0 Å². The molecular formula is C11H7FN2O5. The third-order valence-corrected chi connectivity index (χ3v) is 2.38. The minimum absolute atomic E-state index is 0.0975. The Hall–Kier alpha value is -2.77. The standard InChI is InChI=1S/C11H7FN2O5/c1-5-9(11(15)16)19-10(13-5)7-3-2-6(14(17)18)4-8(7)12/h2-4H,1H3,(H,15,16). The summed E-state index contributed by atoms with van der Waals surface area (Å²) in [6.07, 6.45) is 0. The van der Waals surface area contributed by atoms with Gasteiger partial charge in [-0.05, 0) is 13.0 Å². The minimum Gasteiger partial charge on any atom is -0.475 e. The molecule has 0 saturated carbocycles. The zero-order valence-corrected chi connectivity index (χ0v) is 9.58. The van der Waals surface area contributed by atoms with E-state index < -0.39 is 28.2 Å². The van der Waals surface area contributed by atoms with Crippen LogP contribution in [0.3, 0.4) is 0 Å². The Morgan fingerprint density at radius 1 is 1.53 bits per heavy atom. The van der Waals surface area contributed by atoms with E-state index in [1.807, 2.05) is 0 Å². The number of non-ortho nitro benzene ring substituents is 1. The molecule has 7 nitrogen and oxygen atoms in total. The molecular weight excluding hydrogens is 259 g/mol. The molecule has 0 bridgehead atoms. The van der Waals surface area contributed by atoms with Crippen LogP contribution in [-0.4, -0.2) is 21.0 Å². The second-order valence-electron chi connectivity index (χ2n) is 3.66. The van der Waals surface area contributed by atoms with Crippen molar-refractivity contribution in [1.82, 2.24) is 4.98 Å². The molecule has 1 heterocycles. The maximum atomic E-state index is 13.7. The van der Waals surface area contributed by atoms with Crippen LogP contribution in [0.15, 0.2) is 22.6 Å². The van der Waals surface area contributed by atoms with Crippen molar-refractivity contribution in [2.24, 2.45) is 0 Å². The number of nitro groups is 1. The third kappa shape index (κ3) is 2.28. The lowest BCUT2D eigenvalue weighted by Crippen LogP contribution is -1.95. The number of nitrogens with zero attached hydrogens (tertiary/aromatic N) is 2. The van der Waals surface area contributed by atoms with Crippen molar-refractivity contribution in [3.8, 4) is 11.5 Å². The quantitative estimate of drug-likeness (QED) is 0.675. The number of rotatable bonds is 3. The average molecular weight is 266 g/mol. The van der Waals surface area contributed by atoms with Gasteiger partial charge in [0, 0.05) is 6.07 Å². The van der Waals surface area contributed by atoms with Crippen molar-refractivity contribution in [1.29, 1.82) is 0 Å². The molecule has 0 aliphatic rings. The zero-order valence-electron chi connectivity index (χ0n) is 9.58. The van der Waals surface area contributed by atoms with Crippen LogP contribution in [0.5, 0.6) is 0 Å². The molecule has 2 rings (SSSR count). The predicted molar refractivity (Wildman–Crippen MR) is 60.2 cm³/mol. The van der Waals surface area contributed by atoms with Gasteiger partial charge in [0.2, 0.25) is 11.7 Å². The van der Waals surface area contributed by atoms with E-state index in [1.165, 1.54) is 6.92 Å². The average Bonchev–Trinajstić information content (AvgIpc) is 2.71. The minimum atomic E-state index is -1.32. The van der Waals surface area contributed by atoms with Crippen LogP contribution in [0.1, 0.15) is 16.2 Å². The summed E-state index contributed by atoms with van der Waals surface area (Å²) < 4.78 is 18.6. The van der Waals surface area contributed by atoms with E-state index in [4.69, 9.17) is 9.52 Å². The number of benzene rings is 1. The normalized spacial score (nSPS) is 10.4. The van der Waals surface area contributed by atoms with Gasteiger partial charge in [-0.3, -0.25) is 10.1 Å². The van der Waals surface area contributed by atoms with E-state index >= 15 is 0 Å². The molecule has 0 atom stereocenters. The number of hydrogen-bond donors (Lipinski definition) is 1. The van der Waals surface area contributed by atoms with E-state index in [9.17, 15) is 19.3 Å². The van der Waals surface area contributed by atoms with Gasteiger partial charge in [-0.25, -0.2) is 14.2 Å². The first kappa shape index (κ1) is 12.7. The number of halogens is 1. The van der Waals surface area contributed by atoms with Crippen molar-refractivity contribution >= 4 is 11.7 Å². The molecule has 0 aliphatic carbocycles. The Kier molecular flexibility index (Phi) is 2.99. The molecule has 0 unspecified atom stereocenters. The SMILES string of the molecule is Cc1nc(-c2ccc([N+](=O)[O-])cc2F)oc1C(=O)O. The Labute approximate surface area is 105 Å². The summed E-state index contributed by atoms with van der Waals surface area (Å²) in [5, 5.41) is 19.3. The molecule has 0 radical (unpaired) electrons. The summed E-state index contributed by atoms with van der Waals surface area (Å²) in [7, 11) is 0. The summed E-state index contributed by atoms with van der Waals surface area (Å²) >= 11 is 0. The van der Waals surface area contributed by atoms with Crippen molar-refractivity contribution in [3.63, 3.8) is 0 Å². The number of nitro benzene ring substituents is 1. The molecule has 19 heavy (non-hydrogen) atoms. The van der Waals surface area contributed by atoms with E-state index in [1.54, 1.807) is 0 Å². The van der Waals surface area contributed by atoms with Crippen LogP contribution in [0.2, 0.25) is 0 Å². The third-order valence-electron chi connectivity index (χ3n) is 2.38. The fourth-order valence-electron chi connectivity index (χ4n) is 1.50. The summed E-state index contributed by atoms with van der Waals surface area (Å²) in [6.45, 7) is 1.40. The van der Waals surface area contributed by atoms with Crippen molar-refractivity contribution < 1.29 is 23.6 Å². The van der Waals surface area contributed by atoms with Gasteiger partial charge in [0.1, 0.15) is 5.82 Å². The molecule has 1 N–H and O–H groups in total. The van der Waals surface area contributed by atoms with E-state index in [-0.39, 0.29) is 17.1 Å². The fourth-order valence-corrected chi connectivity index (χ4v) is 1.50. The van der Waals surface area contributed by atoms with Gasteiger partial charge >= 0.3 is 5.97 Å². The van der Waals surface area contributed by atoms with Crippen LogP contribution in [0.25, 0.3) is 11.5 Å². The summed E-state index contributed by atoms with van der Waals surface area (Å²) in [6, 6.07) is 2.91. The summed E-state index contributed by atoms with van der Waals surface area (Å²) in [5.74, 6) is -2.86. The summed E-state index contributed by atoms with van der Waals surface area (Å²) in [5.41, 5.74) is -0.454. The fraction of sp³-hybridized carbons (Fsp3) is 0.0909. The van der Waals surface area contributed by atoms with Crippen LogP contribution in [0, 0.1) is 22.9 Å². The molecule has 98 valence electrons. The molecule has 0 amide bonds. The Bertz CT molecular complexity index is 680. The largest absolute Gasteiger partial charge is 0.475 e. The molecule has 1 aromatic carbocycles. The number of carbonyl (C=O) groups is 1. The molecule has 1 aromatic heterocycles. The second-order valence-corrected chi connectivity index (χ2v) is 3.66. The molecule has 0 saturated heterocycles. The number of carboxylic acid groups (broad SMARTS) is 1. The topological polar surface area (TPSA) is 106 Å². The zero-order chi connectivity index (χ0) is 14.2. The van der Waals surface area contributed by atoms with Crippen molar-refractivity contribution in [3.05, 3.63) is 45.6 Å². The van der Waals surface area contributed by atoms with E-state index in [2.05, 4.69) is 4.98 Å². The van der Waals surface area contributed by atoms with Crippen LogP contribution in [0.4, 0.5) is 10.1 Å². The number of hydrogen-bond acceptors (Lipinski definition) is 5. The maximum absolute atomic E-state index is 13.7. The first-order valence-electron chi connectivity index (χ1n) is 5.05. The van der Waals surface area contributed by atoms with Gasteiger partial charge in [0.05, 0.1) is 22.2 Å². The predicted octanol–water partition coefficient (Wildman–Crippen LogP) is 2.40. The molecule has 2 aromatic rings. The molecule has 0 aliphatic heterocycles. The number of aromatic carboxylic acids is 1. The first-order chi connectivity index (χ1) is 8.90. The van der Waals surface area contributed by atoms with Gasteiger partial charge in [-0.15, -0.1) is 0 Å². The highest BCUT2D eigenvalue weighted by molar-refractivity contribution is 5.86. The number of aromatic nitrogens is 1. The van der Waals surface area contributed by atoms with E-state index in [0.717, 1.165) is 18.2 Å². The first-order valence-corrected chi connectivity index (χ1v) is 5.05. The number of carboxylic acids is 1. The second kappa shape index (κ2) is 4.48. The van der Waals surface area contributed by atoms with Crippen LogP contribution < -0.4 is 0 Å². The van der Waals surface area contributed by atoms with Gasteiger partial charge in [-0.2, -0.15) is 0 Å². The van der Waals surface area contributed by atoms with Gasteiger partial charge in [0.15, 0.2) is 0 Å². The highest BCUT2D eigenvalue weighted by Gasteiger charge is 2.20. The lowest BCUT2D eigenvalue weighted by Gasteiger charge is -1.97. The molecule has 0 fully saturated rings. The Balaban J connectivity index is 2.50. The van der Waals surface area contributed by atoms with Crippen LogP contribution >= 0.6 is 0 Å². The lowest BCUT2D eigenvalue weighted by molar-refractivity contribution is -0.385. The smallest absolute Gasteiger partial charge is 0.373 e. The molecule has 8 heteroatoms. The summed E-state index contributed by atoms with van der Waals surface area (Å²) in [4.78, 5) is 24.3. The van der Waals surface area contributed by atoms with E-state index in [0.29, 0.717) is 0 Å².